The van der Waals surface area contributed by atoms with Gasteiger partial charge in [0.2, 0.25) is 0 Å². The van der Waals surface area contributed by atoms with Crippen LogP contribution in [0.3, 0.4) is 0 Å². The molecule has 150 valence electrons. The number of hydrogen-bond acceptors (Lipinski definition) is 3. The maximum absolute atomic E-state index is 12.4. The van der Waals surface area contributed by atoms with Crippen LogP contribution in [0.4, 0.5) is 18.0 Å². The van der Waals surface area contributed by atoms with Crippen molar-refractivity contribution < 1.29 is 18.0 Å². The number of likely N-dealkylation sites (tertiary alicyclic amines) is 1. The van der Waals surface area contributed by atoms with Gasteiger partial charge in [0.1, 0.15) is 0 Å². The van der Waals surface area contributed by atoms with Crippen LogP contribution in [0, 0.1) is 5.92 Å². The van der Waals surface area contributed by atoms with E-state index in [9.17, 15) is 18.0 Å². The molecule has 2 aliphatic heterocycles. The number of carbonyl (C=O) groups excluding carboxylic acids is 1. The number of piperazine rings is 1. The van der Waals surface area contributed by atoms with Gasteiger partial charge >= 0.3 is 12.2 Å². The van der Waals surface area contributed by atoms with E-state index < -0.39 is 12.7 Å². The highest BCUT2D eigenvalue weighted by molar-refractivity contribution is 5.74. The van der Waals surface area contributed by atoms with Gasteiger partial charge in [0.05, 0.1) is 6.54 Å². The van der Waals surface area contributed by atoms with Crippen molar-refractivity contribution in [2.24, 2.45) is 5.92 Å². The molecule has 1 aliphatic carbocycles. The summed E-state index contributed by atoms with van der Waals surface area (Å²) in [7, 11) is 0. The third kappa shape index (κ3) is 5.74. The first-order valence-corrected chi connectivity index (χ1v) is 9.96. The molecule has 0 aromatic rings. The van der Waals surface area contributed by atoms with Crippen molar-refractivity contribution in [3.63, 3.8) is 0 Å². The Bertz CT molecular complexity index is 452. The fourth-order valence-electron chi connectivity index (χ4n) is 4.51. The minimum atomic E-state index is -4.12. The Kier molecular flexibility index (Phi) is 6.66. The summed E-state index contributed by atoms with van der Waals surface area (Å²) in [6.45, 7) is 4.11. The number of hydrogen-bond donors (Lipinski definition) is 1. The van der Waals surface area contributed by atoms with Crippen LogP contribution in [0.5, 0.6) is 0 Å². The van der Waals surface area contributed by atoms with E-state index in [1.54, 1.807) is 0 Å². The number of alkyl halides is 3. The molecule has 0 spiro atoms. The van der Waals surface area contributed by atoms with Crippen LogP contribution in [0.15, 0.2) is 0 Å². The summed E-state index contributed by atoms with van der Waals surface area (Å²) in [6.07, 6.45) is 2.54. The molecule has 8 heteroatoms. The Morgan fingerprint density at radius 1 is 0.923 bits per heavy atom. The Morgan fingerprint density at radius 3 is 2.12 bits per heavy atom. The highest BCUT2D eigenvalue weighted by Gasteiger charge is 2.33. The number of rotatable bonds is 4. The van der Waals surface area contributed by atoms with Crippen LogP contribution in [0.1, 0.15) is 38.5 Å². The molecule has 0 radical (unpaired) electrons. The quantitative estimate of drug-likeness (QED) is 0.820. The molecule has 0 bridgehead atoms. The van der Waals surface area contributed by atoms with Crippen molar-refractivity contribution in [1.82, 2.24) is 20.0 Å². The first-order valence-electron chi connectivity index (χ1n) is 9.96. The molecule has 1 saturated carbocycles. The predicted octanol–water partition coefficient (Wildman–Crippen LogP) is 2.53. The molecular formula is C18H31F3N4O. The molecule has 2 amide bonds. The zero-order valence-corrected chi connectivity index (χ0v) is 15.4. The van der Waals surface area contributed by atoms with Gasteiger partial charge in [-0.2, -0.15) is 13.2 Å². The molecule has 3 rings (SSSR count). The average molecular weight is 376 g/mol. The molecular weight excluding hydrogens is 345 g/mol. The van der Waals surface area contributed by atoms with Crippen molar-refractivity contribution in [1.29, 1.82) is 0 Å². The normalized spacial score (nSPS) is 25.0. The van der Waals surface area contributed by atoms with Gasteiger partial charge in [0.25, 0.3) is 0 Å². The molecule has 3 fully saturated rings. The molecule has 0 aromatic carbocycles. The topological polar surface area (TPSA) is 38.8 Å². The smallest absolute Gasteiger partial charge is 0.338 e. The van der Waals surface area contributed by atoms with E-state index in [0.29, 0.717) is 38.5 Å². The molecule has 5 nitrogen and oxygen atoms in total. The van der Waals surface area contributed by atoms with E-state index in [1.807, 2.05) is 4.90 Å². The second-order valence-electron chi connectivity index (χ2n) is 7.98. The molecule has 0 aromatic heterocycles. The van der Waals surface area contributed by atoms with Gasteiger partial charge in [0.15, 0.2) is 0 Å². The Labute approximate surface area is 153 Å². The van der Waals surface area contributed by atoms with Gasteiger partial charge in [0, 0.05) is 38.8 Å². The van der Waals surface area contributed by atoms with E-state index in [1.165, 1.54) is 30.6 Å². The molecule has 26 heavy (non-hydrogen) atoms. The fourth-order valence-corrected chi connectivity index (χ4v) is 4.51. The van der Waals surface area contributed by atoms with E-state index in [4.69, 9.17) is 0 Å². The third-order valence-corrected chi connectivity index (χ3v) is 6.09. The number of halogens is 3. The molecule has 0 unspecified atom stereocenters. The largest absolute Gasteiger partial charge is 0.401 e. The Hall–Kier alpha value is -1.02. The standard InChI is InChI=1S/C18H31F3N4O/c19-18(20,21)14-23-7-5-15(6-8-23)13-22-17(26)25-11-9-24(10-12-25)16-3-1-2-4-16/h15-16H,1-14H2,(H,22,26). The Morgan fingerprint density at radius 2 is 1.54 bits per heavy atom. The van der Waals surface area contributed by atoms with E-state index in [2.05, 4.69) is 10.2 Å². The Balaban J connectivity index is 1.31. The number of piperidine rings is 1. The first kappa shape index (κ1) is 19.7. The summed E-state index contributed by atoms with van der Waals surface area (Å²) >= 11 is 0. The molecule has 2 saturated heterocycles. The number of nitrogens with zero attached hydrogens (tertiary/aromatic N) is 3. The van der Waals surface area contributed by atoms with Gasteiger partial charge < -0.3 is 10.2 Å². The summed E-state index contributed by atoms with van der Waals surface area (Å²) in [4.78, 5) is 18.2. The van der Waals surface area contributed by atoms with Gasteiger partial charge in [-0.05, 0) is 44.7 Å². The van der Waals surface area contributed by atoms with Crippen molar-refractivity contribution >= 4 is 6.03 Å². The van der Waals surface area contributed by atoms with Gasteiger partial charge in [-0.25, -0.2) is 4.79 Å². The maximum Gasteiger partial charge on any atom is 0.401 e. The lowest BCUT2D eigenvalue weighted by Crippen LogP contribution is -2.54. The number of urea groups is 1. The zero-order chi connectivity index (χ0) is 18.6. The average Bonchev–Trinajstić information content (AvgIpc) is 3.14. The van der Waals surface area contributed by atoms with E-state index in [0.717, 1.165) is 26.2 Å². The zero-order valence-electron chi connectivity index (χ0n) is 15.4. The molecule has 1 N–H and O–H groups in total. The summed E-state index contributed by atoms with van der Waals surface area (Å²) in [5.74, 6) is 0.281. The SMILES string of the molecule is O=C(NCC1CCN(CC(F)(F)F)CC1)N1CCN(C2CCCC2)CC1. The highest BCUT2D eigenvalue weighted by Crippen LogP contribution is 2.24. The minimum Gasteiger partial charge on any atom is -0.338 e. The summed E-state index contributed by atoms with van der Waals surface area (Å²) < 4.78 is 37.2. The molecule has 2 heterocycles. The maximum atomic E-state index is 12.4. The number of nitrogens with one attached hydrogen (secondary N) is 1. The summed E-state index contributed by atoms with van der Waals surface area (Å²) in [6, 6.07) is 0.691. The predicted molar refractivity (Wildman–Crippen MR) is 94.0 cm³/mol. The van der Waals surface area contributed by atoms with Crippen molar-refractivity contribution in [2.75, 3.05) is 52.4 Å². The van der Waals surface area contributed by atoms with Crippen molar-refractivity contribution in [3.05, 3.63) is 0 Å². The molecule has 3 aliphatic rings. The van der Waals surface area contributed by atoms with Crippen molar-refractivity contribution in [3.8, 4) is 0 Å². The lowest BCUT2D eigenvalue weighted by atomic mass is 9.97. The number of amides is 2. The number of carbonyl (C=O) groups is 1. The van der Waals surface area contributed by atoms with Crippen molar-refractivity contribution in [2.45, 2.75) is 50.7 Å². The monoisotopic (exact) mass is 376 g/mol. The lowest BCUT2D eigenvalue weighted by Gasteiger charge is -2.38. The highest BCUT2D eigenvalue weighted by atomic mass is 19.4. The van der Waals surface area contributed by atoms with Crippen LogP contribution >= 0.6 is 0 Å². The summed E-state index contributed by atoms with van der Waals surface area (Å²) in [5, 5.41) is 3.00. The van der Waals surface area contributed by atoms with Crippen LogP contribution in [-0.2, 0) is 0 Å². The second-order valence-corrected chi connectivity index (χ2v) is 7.98. The van der Waals surface area contributed by atoms with Gasteiger partial charge in [-0.3, -0.25) is 9.80 Å². The van der Waals surface area contributed by atoms with Gasteiger partial charge in [-0.15, -0.1) is 0 Å². The third-order valence-electron chi connectivity index (χ3n) is 6.09. The van der Waals surface area contributed by atoms with Crippen LogP contribution in [0.25, 0.3) is 0 Å². The van der Waals surface area contributed by atoms with Crippen LogP contribution in [0.2, 0.25) is 0 Å². The van der Waals surface area contributed by atoms with Gasteiger partial charge in [-0.1, -0.05) is 12.8 Å². The summed E-state index contributed by atoms with van der Waals surface area (Å²) in [5.41, 5.74) is 0. The first-order chi connectivity index (χ1) is 12.4. The lowest BCUT2D eigenvalue weighted by molar-refractivity contribution is -0.148. The molecule has 0 atom stereocenters. The van der Waals surface area contributed by atoms with Crippen LogP contribution in [-0.4, -0.2) is 85.3 Å². The van der Waals surface area contributed by atoms with Crippen LogP contribution < -0.4 is 5.32 Å². The minimum absolute atomic E-state index is 0.0196. The second kappa shape index (κ2) is 8.78. The van der Waals surface area contributed by atoms with E-state index >= 15 is 0 Å². The fraction of sp³-hybridized carbons (Fsp3) is 0.944. The van der Waals surface area contributed by atoms with E-state index in [-0.39, 0.29) is 11.9 Å².